The van der Waals surface area contributed by atoms with Gasteiger partial charge < -0.3 is 19.3 Å². The van der Waals surface area contributed by atoms with Crippen LogP contribution in [0.1, 0.15) is 20.8 Å². The average Bonchev–Trinajstić information content (AvgIpc) is 2.26. The Balaban J connectivity index is 4.71. The van der Waals surface area contributed by atoms with Crippen LogP contribution in [0.5, 0.6) is 0 Å². The van der Waals surface area contributed by atoms with Gasteiger partial charge in [0.2, 0.25) is 0 Å². The second-order valence-corrected chi connectivity index (χ2v) is 3.25. The Hall–Kier alpha value is -1.14. The summed E-state index contributed by atoms with van der Waals surface area (Å²) < 4.78 is 14.2. The molecule has 0 aliphatic rings. The van der Waals surface area contributed by atoms with Gasteiger partial charge in [-0.15, -0.1) is 0 Å². The van der Waals surface area contributed by atoms with Crippen molar-refractivity contribution in [2.24, 2.45) is 5.41 Å². The van der Waals surface area contributed by atoms with Gasteiger partial charge >= 0.3 is 11.9 Å². The Bertz CT molecular complexity index is 219. The molecule has 0 aliphatic carbocycles. The third-order valence-electron chi connectivity index (χ3n) is 1.93. The molecule has 6 heteroatoms. The van der Waals surface area contributed by atoms with E-state index in [0.717, 1.165) is 0 Å². The molecular weight excluding hydrogens is 216 g/mol. The number of carbonyl (C=O) groups is 2. The van der Waals surface area contributed by atoms with Crippen LogP contribution < -0.4 is 0 Å². The van der Waals surface area contributed by atoms with E-state index in [4.69, 9.17) is 14.6 Å². The molecule has 0 aromatic heterocycles. The lowest BCUT2D eigenvalue weighted by atomic mass is 9.92. The van der Waals surface area contributed by atoms with E-state index in [-0.39, 0.29) is 19.8 Å². The minimum atomic E-state index is -1.53. The Kier molecular flexibility index (Phi) is 6.67. The molecule has 0 heterocycles. The zero-order valence-corrected chi connectivity index (χ0v) is 9.82. The van der Waals surface area contributed by atoms with Crippen LogP contribution in [0, 0.1) is 5.41 Å². The number of ether oxygens (including phenoxy) is 3. The molecule has 6 nitrogen and oxygen atoms in total. The lowest BCUT2D eigenvalue weighted by molar-refractivity contribution is -0.177. The van der Waals surface area contributed by atoms with E-state index in [0.29, 0.717) is 0 Å². The zero-order chi connectivity index (χ0) is 12.6. The van der Waals surface area contributed by atoms with Crippen LogP contribution in [0.3, 0.4) is 0 Å². The third kappa shape index (κ3) is 3.79. The summed E-state index contributed by atoms with van der Waals surface area (Å²) in [7, 11) is 0. The van der Waals surface area contributed by atoms with Gasteiger partial charge in [-0.25, -0.2) is 0 Å². The van der Waals surface area contributed by atoms with E-state index in [9.17, 15) is 9.59 Å². The Labute approximate surface area is 94.5 Å². The van der Waals surface area contributed by atoms with E-state index in [1.807, 2.05) is 0 Å². The van der Waals surface area contributed by atoms with Gasteiger partial charge in [-0.2, -0.15) is 0 Å². The van der Waals surface area contributed by atoms with Crippen LogP contribution in [0.15, 0.2) is 0 Å². The number of hydrogen-bond acceptors (Lipinski definition) is 6. The van der Waals surface area contributed by atoms with Gasteiger partial charge in [0.15, 0.2) is 5.41 Å². The first-order chi connectivity index (χ1) is 7.52. The Morgan fingerprint density at radius 2 is 1.56 bits per heavy atom. The van der Waals surface area contributed by atoms with Crippen LogP contribution in [-0.4, -0.2) is 43.7 Å². The molecule has 0 unspecified atom stereocenters. The molecule has 0 aliphatic heterocycles. The average molecular weight is 234 g/mol. The molecule has 0 fully saturated rings. The van der Waals surface area contributed by atoms with Crippen LogP contribution in [-0.2, 0) is 23.8 Å². The highest BCUT2D eigenvalue weighted by Crippen LogP contribution is 2.21. The molecular formula is C10H18O6. The van der Waals surface area contributed by atoms with Crippen molar-refractivity contribution < 1.29 is 28.9 Å². The van der Waals surface area contributed by atoms with Crippen molar-refractivity contribution in [3.05, 3.63) is 0 Å². The van der Waals surface area contributed by atoms with E-state index < -0.39 is 24.1 Å². The van der Waals surface area contributed by atoms with Crippen molar-refractivity contribution in [1.82, 2.24) is 0 Å². The van der Waals surface area contributed by atoms with Crippen molar-refractivity contribution in [1.29, 1.82) is 0 Å². The highest BCUT2D eigenvalue weighted by atomic mass is 16.6. The van der Waals surface area contributed by atoms with E-state index in [1.54, 1.807) is 13.8 Å². The summed E-state index contributed by atoms with van der Waals surface area (Å²) >= 11 is 0. The van der Waals surface area contributed by atoms with E-state index in [1.165, 1.54) is 6.92 Å². The first-order valence-corrected chi connectivity index (χ1v) is 5.06. The van der Waals surface area contributed by atoms with E-state index >= 15 is 0 Å². The minimum Gasteiger partial charge on any atom is -0.465 e. The van der Waals surface area contributed by atoms with Gasteiger partial charge in [0, 0.05) is 0 Å². The number of aliphatic hydroxyl groups excluding tert-OH is 1. The van der Waals surface area contributed by atoms with Crippen LogP contribution in [0.4, 0.5) is 0 Å². The number of carbonyl (C=O) groups excluding carboxylic acids is 2. The molecule has 0 amide bonds. The maximum absolute atomic E-state index is 11.6. The van der Waals surface area contributed by atoms with Gasteiger partial charge in [0.1, 0.15) is 6.79 Å². The third-order valence-corrected chi connectivity index (χ3v) is 1.93. The first-order valence-electron chi connectivity index (χ1n) is 5.06. The van der Waals surface area contributed by atoms with Gasteiger partial charge in [-0.3, -0.25) is 9.59 Å². The number of esters is 2. The molecule has 0 bridgehead atoms. The van der Waals surface area contributed by atoms with Crippen LogP contribution >= 0.6 is 0 Å². The van der Waals surface area contributed by atoms with Gasteiger partial charge in [0.25, 0.3) is 0 Å². The molecule has 0 aromatic rings. The smallest absolute Gasteiger partial charge is 0.325 e. The fraction of sp³-hybridized carbons (Fsp3) is 0.800. The molecule has 0 saturated carbocycles. The molecule has 0 aromatic carbocycles. The van der Waals surface area contributed by atoms with Crippen molar-refractivity contribution in [2.75, 3.05) is 26.6 Å². The van der Waals surface area contributed by atoms with Crippen molar-refractivity contribution in [2.45, 2.75) is 20.8 Å². The Morgan fingerprint density at radius 1 is 1.12 bits per heavy atom. The summed E-state index contributed by atoms with van der Waals surface area (Å²) in [6.45, 7) is 4.10. The van der Waals surface area contributed by atoms with Crippen molar-refractivity contribution >= 4 is 11.9 Å². The Morgan fingerprint density at radius 3 is 1.88 bits per heavy atom. The standard InChI is InChI=1S/C10H18O6/c1-4-15-8(12)10(3,6-14-7-11)9(13)16-5-2/h11H,4-7H2,1-3H3. The van der Waals surface area contributed by atoms with Gasteiger partial charge in [-0.05, 0) is 20.8 Å². The molecule has 0 radical (unpaired) electrons. The summed E-state index contributed by atoms with van der Waals surface area (Å²) in [4.78, 5) is 23.2. The molecule has 1 N–H and O–H groups in total. The lowest BCUT2D eigenvalue weighted by Crippen LogP contribution is -2.43. The number of aliphatic hydroxyl groups is 1. The van der Waals surface area contributed by atoms with Crippen LogP contribution in [0.2, 0.25) is 0 Å². The van der Waals surface area contributed by atoms with Gasteiger partial charge in [-0.1, -0.05) is 0 Å². The predicted octanol–water partition coefficient (Wildman–Crippen LogP) is 0.0853. The first kappa shape index (κ1) is 14.9. The fourth-order valence-corrected chi connectivity index (χ4v) is 1.03. The lowest BCUT2D eigenvalue weighted by Gasteiger charge is -2.24. The predicted molar refractivity (Wildman–Crippen MR) is 54.4 cm³/mol. The summed E-state index contributed by atoms with van der Waals surface area (Å²) in [5.74, 6) is -1.44. The molecule has 16 heavy (non-hydrogen) atoms. The molecule has 94 valence electrons. The molecule has 0 spiro atoms. The number of hydrogen-bond donors (Lipinski definition) is 1. The highest BCUT2D eigenvalue weighted by molar-refractivity contribution is 5.99. The largest absolute Gasteiger partial charge is 0.465 e. The normalized spacial score (nSPS) is 11.0. The maximum atomic E-state index is 11.6. The van der Waals surface area contributed by atoms with Gasteiger partial charge in [0.05, 0.1) is 19.8 Å². The maximum Gasteiger partial charge on any atom is 0.325 e. The van der Waals surface area contributed by atoms with Crippen molar-refractivity contribution in [3.8, 4) is 0 Å². The highest BCUT2D eigenvalue weighted by Gasteiger charge is 2.44. The fourth-order valence-electron chi connectivity index (χ4n) is 1.03. The van der Waals surface area contributed by atoms with Crippen LogP contribution in [0.25, 0.3) is 0 Å². The summed E-state index contributed by atoms with van der Waals surface area (Å²) in [5, 5.41) is 8.53. The molecule has 0 saturated heterocycles. The quantitative estimate of drug-likeness (QED) is 0.382. The molecule has 0 atom stereocenters. The summed E-state index contributed by atoms with van der Waals surface area (Å²) in [6.07, 6.45) is 0. The molecule has 0 rings (SSSR count). The second kappa shape index (κ2) is 7.19. The number of rotatable bonds is 7. The summed E-state index contributed by atoms with van der Waals surface area (Å²) in [5.41, 5.74) is -1.53. The summed E-state index contributed by atoms with van der Waals surface area (Å²) in [6, 6.07) is 0. The monoisotopic (exact) mass is 234 g/mol. The van der Waals surface area contributed by atoms with E-state index in [2.05, 4.69) is 4.74 Å². The topological polar surface area (TPSA) is 82.1 Å². The zero-order valence-electron chi connectivity index (χ0n) is 9.82. The second-order valence-electron chi connectivity index (χ2n) is 3.25. The minimum absolute atomic E-state index is 0.160. The SMILES string of the molecule is CCOC(=O)C(C)(COCO)C(=O)OCC. The van der Waals surface area contributed by atoms with Crippen molar-refractivity contribution in [3.63, 3.8) is 0 Å².